The Morgan fingerprint density at radius 1 is 0.923 bits per heavy atom. The van der Waals surface area contributed by atoms with E-state index >= 15 is 0 Å². The van der Waals surface area contributed by atoms with Gasteiger partial charge in [0.25, 0.3) is 0 Å². The standard InChI is InChI=1S/2C4H8S2.Zn/c2*1-3(2)4(5)6;/h2*3H,1-2H3,(H,5,6);/q;;+2/p-2. The summed E-state index contributed by atoms with van der Waals surface area (Å²) in [6.07, 6.45) is 0. The molecule has 72 valence electrons. The number of hydrogen-bond donors (Lipinski definition) is 0. The monoisotopic (exact) mass is 302 g/mol. The van der Waals surface area contributed by atoms with E-state index < -0.39 is 14.7 Å². The molecule has 0 aliphatic heterocycles. The molecule has 0 unspecified atom stereocenters. The van der Waals surface area contributed by atoms with Crippen molar-refractivity contribution in [1.29, 1.82) is 0 Å². The Hall–Kier alpha value is 1.50. The molecule has 0 aliphatic rings. The summed E-state index contributed by atoms with van der Waals surface area (Å²) in [4.78, 5) is 0. The molecule has 0 amide bonds. The van der Waals surface area contributed by atoms with E-state index in [1.54, 1.807) is 0 Å². The van der Waals surface area contributed by atoms with Crippen LogP contribution in [0.1, 0.15) is 27.7 Å². The van der Waals surface area contributed by atoms with E-state index in [1.807, 2.05) is 19.5 Å². The van der Waals surface area contributed by atoms with Crippen LogP contribution in [0.15, 0.2) is 0 Å². The summed E-state index contributed by atoms with van der Waals surface area (Å²) in [5.74, 6) is 1.08. The first kappa shape index (κ1) is 14.5. The zero-order valence-corrected chi connectivity index (χ0v) is 14.7. The van der Waals surface area contributed by atoms with Crippen LogP contribution in [0.5, 0.6) is 0 Å². The van der Waals surface area contributed by atoms with Gasteiger partial charge in [-0.1, -0.05) is 0 Å². The van der Waals surface area contributed by atoms with Crippen LogP contribution in [-0.2, 0) is 14.7 Å². The fourth-order valence-corrected chi connectivity index (χ4v) is 16.5. The Morgan fingerprint density at radius 3 is 1.46 bits per heavy atom. The fraction of sp³-hybridized carbons (Fsp3) is 0.750. The van der Waals surface area contributed by atoms with Crippen LogP contribution in [0.25, 0.3) is 0 Å². The summed E-state index contributed by atoms with van der Waals surface area (Å²) in [5, 5.41) is 0. The maximum atomic E-state index is 5.25. The van der Waals surface area contributed by atoms with E-state index in [9.17, 15) is 0 Å². The average molecular weight is 304 g/mol. The van der Waals surface area contributed by atoms with Gasteiger partial charge in [0, 0.05) is 0 Å². The van der Waals surface area contributed by atoms with Crippen LogP contribution >= 0.6 is 43.9 Å². The van der Waals surface area contributed by atoms with Crippen molar-refractivity contribution in [2.75, 3.05) is 0 Å². The minimum absolute atomic E-state index is 0.541. The first-order valence-corrected chi connectivity index (χ1v) is 14.3. The van der Waals surface area contributed by atoms with Crippen LogP contribution in [0.2, 0.25) is 0 Å². The van der Waals surface area contributed by atoms with Crippen molar-refractivity contribution < 1.29 is 14.7 Å². The van der Waals surface area contributed by atoms with Crippen LogP contribution in [0.4, 0.5) is 0 Å². The third-order valence-corrected chi connectivity index (χ3v) is 16.4. The molecule has 0 rings (SSSR count). The van der Waals surface area contributed by atoms with E-state index in [0.717, 1.165) is 0 Å². The van der Waals surface area contributed by atoms with Crippen molar-refractivity contribution in [2.24, 2.45) is 11.8 Å². The van der Waals surface area contributed by atoms with Gasteiger partial charge in [-0.25, -0.2) is 0 Å². The van der Waals surface area contributed by atoms with Crippen molar-refractivity contribution in [3.05, 3.63) is 0 Å². The van der Waals surface area contributed by atoms with E-state index in [-0.39, 0.29) is 0 Å². The number of rotatable bonds is 4. The van der Waals surface area contributed by atoms with Crippen molar-refractivity contribution >= 4 is 52.3 Å². The zero-order chi connectivity index (χ0) is 10.4. The van der Waals surface area contributed by atoms with E-state index in [1.165, 1.54) is 8.39 Å². The topological polar surface area (TPSA) is 0 Å². The normalized spacial score (nSPS) is 10.3. The molecule has 0 aromatic rings. The summed E-state index contributed by atoms with van der Waals surface area (Å²) in [6.45, 7) is 8.62. The van der Waals surface area contributed by atoms with Crippen LogP contribution in [0, 0.1) is 11.8 Å². The second-order valence-electron chi connectivity index (χ2n) is 3.35. The van der Waals surface area contributed by atoms with Gasteiger partial charge >= 0.3 is 107 Å². The van der Waals surface area contributed by atoms with Crippen LogP contribution < -0.4 is 0 Å². The molecular weight excluding hydrogens is 290 g/mol. The van der Waals surface area contributed by atoms with Gasteiger partial charge in [0.2, 0.25) is 0 Å². The predicted octanol–water partition coefficient (Wildman–Crippen LogP) is 4.33. The Balaban J connectivity index is 3.57. The van der Waals surface area contributed by atoms with Gasteiger partial charge in [0.1, 0.15) is 0 Å². The van der Waals surface area contributed by atoms with Crippen LogP contribution in [0.3, 0.4) is 0 Å². The summed E-state index contributed by atoms with van der Waals surface area (Å²) in [6, 6.07) is 0. The van der Waals surface area contributed by atoms with Crippen molar-refractivity contribution in [3.8, 4) is 0 Å². The molecule has 0 aliphatic carbocycles. The summed E-state index contributed by atoms with van der Waals surface area (Å²) >= 11 is 9.86. The van der Waals surface area contributed by atoms with E-state index in [2.05, 4.69) is 27.7 Å². The Labute approximate surface area is 106 Å². The molecular formula is C8H14S4Zn. The summed E-state index contributed by atoms with van der Waals surface area (Å²) in [7, 11) is 3.85. The van der Waals surface area contributed by atoms with Crippen molar-refractivity contribution in [3.63, 3.8) is 0 Å². The van der Waals surface area contributed by atoms with Crippen molar-refractivity contribution in [1.82, 2.24) is 0 Å². The van der Waals surface area contributed by atoms with Gasteiger partial charge in [0.15, 0.2) is 0 Å². The molecule has 0 atom stereocenters. The second kappa shape index (κ2) is 7.75. The van der Waals surface area contributed by atoms with Gasteiger partial charge in [-0.2, -0.15) is 0 Å². The van der Waals surface area contributed by atoms with Gasteiger partial charge in [-0.15, -0.1) is 0 Å². The SMILES string of the molecule is CC(C)C(=S)[S][Zn][S]C(=S)C(C)C. The maximum absolute atomic E-state index is 5.25. The first-order chi connectivity index (χ1) is 5.95. The summed E-state index contributed by atoms with van der Waals surface area (Å²) in [5.41, 5.74) is 0. The van der Waals surface area contributed by atoms with Gasteiger partial charge in [-0.3, -0.25) is 0 Å². The molecule has 0 N–H and O–H groups in total. The molecule has 0 heterocycles. The molecule has 0 radical (unpaired) electrons. The average Bonchev–Trinajstić information content (AvgIpc) is 2.03. The van der Waals surface area contributed by atoms with Crippen LogP contribution in [-0.4, -0.2) is 8.39 Å². The number of hydrogen-bond acceptors (Lipinski definition) is 4. The molecule has 0 aromatic heterocycles. The molecule has 0 fully saturated rings. The Morgan fingerprint density at radius 2 is 1.23 bits per heavy atom. The molecule has 0 spiro atoms. The molecule has 13 heavy (non-hydrogen) atoms. The third kappa shape index (κ3) is 7.43. The molecule has 0 bridgehead atoms. The molecule has 0 nitrogen and oxygen atoms in total. The van der Waals surface area contributed by atoms with E-state index in [4.69, 9.17) is 24.4 Å². The number of thiocarbonyl (C=S) groups is 2. The predicted molar refractivity (Wildman–Crippen MR) is 70.1 cm³/mol. The van der Waals surface area contributed by atoms with Gasteiger partial charge in [-0.05, 0) is 0 Å². The Bertz CT molecular complexity index is 169. The van der Waals surface area contributed by atoms with Gasteiger partial charge in [0.05, 0.1) is 0 Å². The second-order valence-corrected chi connectivity index (χ2v) is 15.2. The molecule has 0 saturated carbocycles. The molecule has 5 heteroatoms. The molecule has 0 aromatic carbocycles. The van der Waals surface area contributed by atoms with E-state index in [0.29, 0.717) is 11.8 Å². The van der Waals surface area contributed by atoms with Crippen molar-refractivity contribution in [2.45, 2.75) is 27.7 Å². The minimum atomic E-state index is -0.633. The fourth-order valence-electron chi connectivity index (χ4n) is 0.479. The summed E-state index contributed by atoms with van der Waals surface area (Å²) < 4.78 is 2.33. The Kier molecular flexibility index (Phi) is 8.65. The zero-order valence-electron chi connectivity index (χ0n) is 8.49. The third-order valence-electron chi connectivity index (χ3n) is 1.35. The quantitative estimate of drug-likeness (QED) is 0.559. The molecule has 0 saturated heterocycles. The van der Waals surface area contributed by atoms with Gasteiger partial charge < -0.3 is 0 Å². The first-order valence-electron chi connectivity index (χ1n) is 4.28.